The van der Waals surface area contributed by atoms with E-state index in [-0.39, 0.29) is 5.91 Å². The van der Waals surface area contributed by atoms with E-state index < -0.39 is 5.54 Å². The second-order valence-electron chi connectivity index (χ2n) is 9.00. The van der Waals surface area contributed by atoms with E-state index in [1.165, 1.54) is 31.2 Å². The summed E-state index contributed by atoms with van der Waals surface area (Å²) in [4.78, 5) is 17.9. The number of piperidine rings is 1. The summed E-state index contributed by atoms with van der Waals surface area (Å²) in [5.74, 6) is 0.761. The summed E-state index contributed by atoms with van der Waals surface area (Å²) >= 11 is 6.13. The molecule has 1 N–H and O–H groups in total. The van der Waals surface area contributed by atoms with Crippen LogP contribution < -0.4 is 10.2 Å². The predicted molar refractivity (Wildman–Crippen MR) is 122 cm³/mol. The monoisotopic (exact) mass is 423 g/mol. The molecule has 158 valence electrons. The van der Waals surface area contributed by atoms with Gasteiger partial charge < -0.3 is 10.2 Å². The molecule has 5 heteroatoms. The highest BCUT2D eigenvalue weighted by molar-refractivity contribution is 6.30. The number of anilines is 1. The quantitative estimate of drug-likeness (QED) is 0.770. The maximum absolute atomic E-state index is 13.0. The normalized spacial score (nSPS) is 26.7. The fourth-order valence-corrected chi connectivity index (χ4v) is 6.03. The molecule has 2 aliphatic heterocycles. The zero-order valence-electron chi connectivity index (χ0n) is 17.4. The molecule has 2 unspecified atom stereocenters. The summed E-state index contributed by atoms with van der Waals surface area (Å²) in [6, 6.07) is 19.4. The lowest BCUT2D eigenvalue weighted by molar-refractivity contribution is -0.125. The number of nitrogens with one attached hydrogen (secondary N) is 1. The molecule has 1 saturated carbocycles. The van der Waals surface area contributed by atoms with Crippen molar-refractivity contribution in [2.45, 2.75) is 56.0 Å². The van der Waals surface area contributed by atoms with E-state index in [0.29, 0.717) is 18.6 Å². The van der Waals surface area contributed by atoms with E-state index in [4.69, 9.17) is 11.6 Å². The van der Waals surface area contributed by atoms with Crippen molar-refractivity contribution in [3.8, 4) is 0 Å². The van der Waals surface area contributed by atoms with Gasteiger partial charge in [0, 0.05) is 29.8 Å². The highest BCUT2D eigenvalue weighted by Crippen LogP contribution is 2.41. The molecule has 2 aromatic carbocycles. The molecule has 2 atom stereocenters. The van der Waals surface area contributed by atoms with Crippen LogP contribution in [0.1, 0.15) is 50.0 Å². The van der Waals surface area contributed by atoms with Crippen LogP contribution in [0.15, 0.2) is 54.6 Å². The molecule has 3 fully saturated rings. The van der Waals surface area contributed by atoms with Gasteiger partial charge in [0.15, 0.2) is 0 Å². The Hall–Kier alpha value is -2.04. The molecule has 1 amide bonds. The lowest BCUT2D eigenvalue weighted by Crippen LogP contribution is -2.58. The fourth-order valence-electron chi connectivity index (χ4n) is 5.91. The first-order chi connectivity index (χ1) is 14.7. The zero-order chi connectivity index (χ0) is 20.6. The molecule has 0 bridgehead atoms. The molecule has 3 aliphatic rings. The van der Waals surface area contributed by atoms with Crippen molar-refractivity contribution < 1.29 is 4.79 Å². The first-order valence-corrected chi connectivity index (χ1v) is 11.7. The highest BCUT2D eigenvalue weighted by atomic mass is 35.5. The van der Waals surface area contributed by atoms with Gasteiger partial charge in [-0.15, -0.1) is 0 Å². The topological polar surface area (TPSA) is 35.6 Å². The van der Waals surface area contributed by atoms with Gasteiger partial charge in [0.05, 0.1) is 6.67 Å². The number of para-hydroxylation sites is 1. The Balaban J connectivity index is 1.34. The molecule has 2 saturated heterocycles. The molecule has 2 heterocycles. The summed E-state index contributed by atoms with van der Waals surface area (Å²) in [7, 11) is 0. The Morgan fingerprint density at radius 3 is 2.37 bits per heavy atom. The second-order valence-corrected chi connectivity index (χ2v) is 9.44. The number of benzene rings is 2. The number of rotatable bonds is 3. The number of hydrogen-bond acceptors (Lipinski definition) is 3. The van der Waals surface area contributed by atoms with Crippen LogP contribution in [0.4, 0.5) is 5.69 Å². The predicted octanol–water partition coefficient (Wildman–Crippen LogP) is 4.79. The Labute approximate surface area is 184 Å². The van der Waals surface area contributed by atoms with Gasteiger partial charge >= 0.3 is 0 Å². The number of hydrogen-bond donors (Lipinski definition) is 1. The van der Waals surface area contributed by atoms with E-state index in [1.807, 2.05) is 18.2 Å². The van der Waals surface area contributed by atoms with Crippen LogP contribution in [-0.4, -0.2) is 42.1 Å². The number of amides is 1. The van der Waals surface area contributed by atoms with Crippen LogP contribution >= 0.6 is 11.6 Å². The number of likely N-dealkylation sites (tertiary alicyclic amines) is 1. The Morgan fingerprint density at radius 2 is 1.63 bits per heavy atom. The van der Waals surface area contributed by atoms with Crippen molar-refractivity contribution in [1.82, 2.24) is 10.2 Å². The second kappa shape index (κ2) is 8.24. The third-order valence-corrected chi connectivity index (χ3v) is 7.78. The van der Waals surface area contributed by atoms with E-state index >= 15 is 0 Å². The van der Waals surface area contributed by atoms with Gasteiger partial charge in [-0.05, 0) is 61.4 Å². The van der Waals surface area contributed by atoms with Gasteiger partial charge in [-0.1, -0.05) is 54.8 Å². The summed E-state index contributed by atoms with van der Waals surface area (Å²) in [6.07, 6.45) is 6.85. The molecule has 2 aromatic rings. The average molecular weight is 424 g/mol. The van der Waals surface area contributed by atoms with Crippen molar-refractivity contribution in [3.63, 3.8) is 0 Å². The maximum Gasteiger partial charge on any atom is 0.247 e. The molecule has 4 nitrogen and oxygen atoms in total. The van der Waals surface area contributed by atoms with E-state index in [2.05, 4.69) is 51.5 Å². The van der Waals surface area contributed by atoms with Crippen LogP contribution in [0, 0.1) is 0 Å². The van der Waals surface area contributed by atoms with Crippen LogP contribution in [0.25, 0.3) is 0 Å². The number of carbonyl (C=O) groups excluding carboxylic acids is 1. The number of carbonyl (C=O) groups is 1. The molecule has 30 heavy (non-hydrogen) atoms. The minimum atomic E-state index is -0.401. The number of halogens is 1. The van der Waals surface area contributed by atoms with Crippen molar-refractivity contribution in [2.24, 2.45) is 0 Å². The molecule has 5 rings (SSSR count). The Kier molecular flexibility index (Phi) is 5.46. The van der Waals surface area contributed by atoms with Gasteiger partial charge in [0.25, 0.3) is 0 Å². The first kappa shape index (κ1) is 19.9. The first-order valence-electron chi connectivity index (χ1n) is 11.3. The highest BCUT2D eigenvalue weighted by Gasteiger charge is 2.51. The smallest absolute Gasteiger partial charge is 0.247 e. The number of nitrogens with zero attached hydrogens (tertiary/aromatic N) is 2. The standard InChI is InChI=1S/C25H30ClN3O/c26-20-12-10-19(11-13-20)22-8-4-5-9-23(22)28-16-14-25(15-17-28)24(30)27-18-29(25)21-6-2-1-3-7-21/h1-3,6-7,10-13,22-23H,4-5,8-9,14-18H2,(H,27,30). The van der Waals surface area contributed by atoms with Crippen molar-refractivity contribution in [3.05, 3.63) is 65.2 Å². The maximum atomic E-state index is 13.0. The third-order valence-electron chi connectivity index (χ3n) is 7.53. The summed E-state index contributed by atoms with van der Waals surface area (Å²) < 4.78 is 0. The summed E-state index contributed by atoms with van der Waals surface area (Å²) in [5.41, 5.74) is 2.15. The molecule has 0 aromatic heterocycles. The van der Waals surface area contributed by atoms with Crippen LogP contribution in [-0.2, 0) is 4.79 Å². The Morgan fingerprint density at radius 1 is 0.933 bits per heavy atom. The van der Waals surface area contributed by atoms with Gasteiger partial charge in [-0.25, -0.2) is 0 Å². The summed E-state index contributed by atoms with van der Waals surface area (Å²) in [5, 5.41) is 3.92. The van der Waals surface area contributed by atoms with E-state index in [9.17, 15) is 4.79 Å². The van der Waals surface area contributed by atoms with E-state index in [0.717, 1.165) is 36.6 Å². The fraction of sp³-hybridized carbons (Fsp3) is 0.480. The SMILES string of the molecule is O=C1NCN(c2ccccc2)C12CCN(C1CCCCC1c1ccc(Cl)cc1)CC2. The third kappa shape index (κ3) is 3.50. The van der Waals surface area contributed by atoms with Gasteiger partial charge in [0.1, 0.15) is 5.54 Å². The van der Waals surface area contributed by atoms with Gasteiger partial charge in [-0.2, -0.15) is 0 Å². The average Bonchev–Trinajstić information content (AvgIpc) is 3.11. The van der Waals surface area contributed by atoms with Gasteiger partial charge in [-0.3, -0.25) is 9.69 Å². The molecule has 0 radical (unpaired) electrons. The lowest BCUT2D eigenvalue weighted by atomic mass is 9.77. The minimum absolute atomic E-state index is 0.198. The van der Waals surface area contributed by atoms with Crippen LogP contribution in [0.2, 0.25) is 5.02 Å². The van der Waals surface area contributed by atoms with Gasteiger partial charge in [0.2, 0.25) is 5.91 Å². The largest absolute Gasteiger partial charge is 0.339 e. The molecule has 1 spiro atoms. The zero-order valence-corrected chi connectivity index (χ0v) is 18.2. The van der Waals surface area contributed by atoms with Crippen molar-refractivity contribution in [2.75, 3.05) is 24.7 Å². The summed E-state index contributed by atoms with van der Waals surface area (Å²) in [6.45, 7) is 2.57. The van der Waals surface area contributed by atoms with Crippen LogP contribution in [0.5, 0.6) is 0 Å². The van der Waals surface area contributed by atoms with E-state index in [1.54, 1.807) is 0 Å². The van der Waals surface area contributed by atoms with Crippen LogP contribution in [0.3, 0.4) is 0 Å². The van der Waals surface area contributed by atoms with Crippen molar-refractivity contribution in [1.29, 1.82) is 0 Å². The lowest BCUT2D eigenvalue weighted by Gasteiger charge is -2.48. The molecule has 1 aliphatic carbocycles. The molecular weight excluding hydrogens is 394 g/mol. The minimum Gasteiger partial charge on any atom is -0.339 e. The Bertz CT molecular complexity index is 877. The molecular formula is C25H30ClN3O. The van der Waals surface area contributed by atoms with Crippen molar-refractivity contribution >= 4 is 23.2 Å².